The van der Waals surface area contributed by atoms with Gasteiger partial charge in [-0.15, -0.1) is 0 Å². The van der Waals surface area contributed by atoms with Crippen LogP contribution < -0.4 is 4.06 Å². The van der Waals surface area contributed by atoms with E-state index in [4.69, 9.17) is 0 Å². The summed E-state index contributed by atoms with van der Waals surface area (Å²) < 4.78 is 0.139. The first kappa shape index (κ1) is 5.72. The molecule has 0 amide bonds. The minimum atomic E-state index is 0.139. The Kier molecular flexibility index (Phi) is 1.60. The zero-order valence-electron chi connectivity index (χ0n) is 4.09. The van der Waals surface area contributed by atoms with Gasteiger partial charge in [-0.3, -0.25) is 4.79 Å². The van der Waals surface area contributed by atoms with Crippen LogP contribution in [0.5, 0.6) is 0 Å². The summed E-state index contributed by atoms with van der Waals surface area (Å²) in [4.78, 5) is 11.4. The second kappa shape index (κ2) is 2.24. The van der Waals surface area contributed by atoms with Gasteiger partial charge in [0.2, 0.25) is 0 Å². The van der Waals surface area contributed by atoms with Gasteiger partial charge in [-0.05, 0) is 0 Å². The summed E-state index contributed by atoms with van der Waals surface area (Å²) >= 11 is 2.45. The fourth-order valence-corrected chi connectivity index (χ4v) is 1.89. The fourth-order valence-electron chi connectivity index (χ4n) is 0.340. The molecule has 0 fully saturated rings. The first-order valence-electron chi connectivity index (χ1n) is 2.04. The van der Waals surface area contributed by atoms with Crippen molar-refractivity contribution in [2.75, 3.05) is 0 Å². The lowest BCUT2D eigenvalue weighted by atomic mass is 10.6. The van der Waals surface area contributed by atoms with Crippen LogP contribution in [-0.2, 0) is 0 Å². The molecule has 1 heterocycles. The van der Waals surface area contributed by atoms with Gasteiger partial charge in [0.15, 0.2) is 0 Å². The van der Waals surface area contributed by atoms with Gasteiger partial charge in [-0.25, -0.2) is 0 Å². The van der Waals surface area contributed by atoms with Crippen molar-refractivity contribution in [3.05, 3.63) is 25.7 Å². The van der Waals surface area contributed by atoms with E-state index < -0.39 is 0 Å². The van der Waals surface area contributed by atoms with Crippen LogP contribution in [-0.4, -0.2) is 0 Å². The molecule has 0 aliphatic carbocycles. The largest absolute Gasteiger partial charge is 0.287 e. The lowest BCUT2D eigenvalue weighted by molar-refractivity contribution is 2.16. The molecule has 0 saturated carbocycles. The van der Waals surface area contributed by atoms with Crippen molar-refractivity contribution in [3.8, 4) is 0 Å². The SMILES string of the molecule is C=Cc1csc(=O)s1. The van der Waals surface area contributed by atoms with Crippen molar-refractivity contribution < 1.29 is 0 Å². The van der Waals surface area contributed by atoms with Crippen LogP contribution in [0.3, 0.4) is 0 Å². The van der Waals surface area contributed by atoms with Crippen molar-refractivity contribution in [2.24, 2.45) is 0 Å². The molecule has 0 aliphatic heterocycles. The average molecular weight is 144 g/mol. The van der Waals surface area contributed by atoms with Crippen molar-refractivity contribution in [2.45, 2.75) is 0 Å². The molecule has 1 aromatic heterocycles. The number of hydrogen-bond acceptors (Lipinski definition) is 3. The Labute approximate surface area is 54.9 Å². The standard InChI is InChI=1S/C5H4OS2/c1-2-4-3-7-5(6)8-4/h2-3H,1H2. The van der Waals surface area contributed by atoms with E-state index in [1.807, 2.05) is 0 Å². The molecule has 0 spiro atoms. The zero-order valence-corrected chi connectivity index (χ0v) is 5.72. The maximum absolute atomic E-state index is 10.4. The van der Waals surface area contributed by atoms with Crippen LogP contribution in [0.4, 0.5) is 0 Å². The van der Waals surface area contributed by atoms with E-state index in [9.17, 15) is 4.79 Å². The van der Waals surface area contributed by atoms with Crippen LogP contribution in [0.2, 0.25) is 0 Å². The average Bonchev–Trinajstić information content (AvgIpc) is 2.14. The molecule has 8 heavy (non-hydrogen) atoms. The van der Waals surface area contributed by atoms with Gasteiger partial charge in [0.25, 0.3) is 4.06 Å². The van der Waals surface area contributed by atoms with E-state index in [1.54, 1.807) is 11.5 Å². The molecule has 0 N–H and O–H groups in total. The number of rotatable bonds is 1. The molecule has 0 aromatic carbocycles. The summed E-state index contributed by atoms with van der Waals surface area (Å²) in [6.45, 7) is 3.52. The molecule has 42 valence electrons. The minimum absolute atomic E-state index is 0.139. The molecule has 0 radical (unpaired) electrons. The van der Waals surface area contributed by atoms with Crippen LogP contribution in [0.25, 0.3) is 6.08 Å². The van der Waals surface area contributed by atoms with Gasteiger partial charge in [-0.1, -0.05) is 35.3 Å². The summed E-state index contributed by atoms with van der Waals surface area (Å²) in [6, 6.07) is 0. The second-order valence-corrected chi connectivity index (χ2v) is 3.34. The molecule has 0 aliphatic rings. The highest BCUT2D eigenvalue weighted by Crippen LogP contribution is 2.06. The molecular weight excluding hydrogens is 140 g/mol. The third-order valence-electron chi connectivity index (χ3n) is 0.674. The Balaban J connectivity index is 3.18. The highest BCUT2D eigenvalue weighted by Gasteiger charge is 1.88. The predicted octanol–water partition coefficient (Wildman–Crippen LogP) is 1.81. The van der Waals surface area contributed by atoms with E-state index in [0.29, 0.717) is 0 Å². The van der Waals surface area contributed by atoms with Gasteiger partial charge in [0.1, 0.15) is 0 Å². The van der Waals surface area contributed by atoms with Crippen molar-refractivity contribution in [1.82, 2.24) is 0 Å². The summed E-state index contributed by atoms with van der Waals surface area (Å²) in [5.74, 6) is 0. The summed E-state index contributed by atoms with van der Waals surface area (Å²) in [5, 5.41) is 1.81. The van der Waals surface area contributed by atoms with E-state index in [2.05, 4.69) is 6.58 Å². The quantitative estimate of drug-likeness (QED) is 0.587. The highest BCUT2D eigenvalue weighted by molar-refractivity contribution is 7.26. The van der Waals surface area contributed by atoms with Gasteiger partial charge in [0, 0.05) is 10.3 Å². The van der Waals surface area contributed by atoms with E-state index in [0.717, 1.165) is 4.88 Å². The van der Waals surface area contributed by atoms with Crippen molar-refractivity contribution >= 4 is 28.7 Å². The molecule has 0 saturated heterocycles. The zero-order chi connectivity index (χ0) is 5.98. The fraction of sp³-hybridized carbons (Fsp3) is 0. The van der Waals surface area contributed by atoms with E-state index >= 15 is 0 Å². The normalized spacial score (nSPS) is 9.00. The second-order valence-electron chi connectivity index (χ2n) is 1.19. The van der Waals surface area contributed by atoms with Gasteiger partial charge >= 0.3 is 0 Å². The monoisotopic (exact) mass is 144 g/mol. The minimum Gasteiger partial charge on any atom is -0.265 e. The van der Waals surface area contributed by atoms with Crippen molar-refractivity contribution in [3.63, 3.8) is 0 Å². The molecule has 1 aromatic rings. The molecule has 0 bridgehead atoms. The number of hydrogen-bond donors (Lipinski definition) is 0. The van der Waals surface area contributed by atoms with Crippen LogP contribution in [0, 0.1) is 0 Å². The Morgan fingerprint density at radius 2 is 2.50 bits per heavy atom. The summed E-state index contributed by atoms with van der Waals surface area (Å²) in [5.41, 5.74) is 0. The van der Waals surface area contributed by atoms with Crippen molar-refractivity contribution in [1.29, 1.82) is 0 Å². The van der Waals surface area contributed by atoms with Crippen LogP contribution >= 0.6 is 22.7 Å². The van der Waals surface area contributed by atoms with E-state index in [-0.39, 0.29) is 4.06 Å². The van der Waals surface area contributed by atoms with E-state index in [1.165, 1.54) is 22.7 Å². The Hall–Kier alpha value is -0.410. The summed E-state index contributed by atoms with van der Waals surface area (Å²) in [6.07, 6.45) is 1.68. The molecule has 1 nitrogen and oxygen atoms in total. The lowest BCUT2D eigenvalue weighted by Gasteiger charge is -1.69. The van der Waals surface area contributed by atoms with Gasteiger partial charge in [-0.2, -0.15) is 0 Å². The lowest BCUT2D eigenvalue weighted by Crippen LogP contribution is -1.73. The van der Waals surface area contributed by atoms with Gasteiger partial charge < -0.3 is 0 Å². The Bertz CT molecular complexity index is 233. The Morgan fingerprint density at radius 3 is 2.75 bits per heavy atom. The molecule has 3 heteroatoms. The van der Waals surface area contributed by atoms with Crippen LogP contribution in [0.1, 0.15) is 4.88 Å². The third-order valence-corrected chi connectivity index (χ3v) is 2.61. The molecule has 1 rings (SSSR count). The highest BCUT2D eigenvalue weighted by atomic mass is 32.2. The third kappa shape index (κ3) is 1.05. The predicted molar refractivity (Wildman–Crippen MR) is 38.6 cm³/mol. The van der Waals surface area contributed by atoms with Crippen LogP contribution in [0.15, 0.2) is 16.8 Å². The topological polar surface area (TPSA) is 17.1 Å². The molecular formula is C5H4OS2. The summed E-state index contributed by atoms with van der Waals surface area (Å²) in [7, 11) is 0. The molecule has 0 unspecified atom stereocenters. The smallest absolute Gasteiger partial charge is 0.265 e. The molecule has 0 atom stereocenters. The van der Waals surface area contributed by atoms with Gasteiger partial charge in [0.05, 0.1) is 0 Å². The first-order chi connectivity index (χ1) is 3.83. The maximum atomic E-state index is 10.4. The maximum Gasteiger partial charge on any atom is 0.287 e. The first-order valence-corrected chi connectivity index (χ1v) is 3.73. The Morgan fingerprint density at radius 1 is 1.75 bits per heavy atom.